The van der Waals surface area contributed by atoms with Crippen LogP contribution in [0.5, 0.6) is 0 Å². The summed E-state index contributed by atoms with van der Waals surface area (Å²) >= 11 is 0. The van der Waals surface area contributed by atoms with Gasteiger partial charge in [-0.1, -0.05) is 26.0 Å². The Kier molecular flexibility index (Phi) is 4.04. The van der Waals surface area contributed by atoms with Crippen LogP contribution in [-0.2, 0) is 4.79 Å². The second kappa shape index (κ2) is 5.58. The number of hydrogen-bond donors (Lipinski definition) is 1. The predicted octanol–water partition coefficient (Wildman–Crippen LogP) is 1.99. The van der Waals surface area contributed by atoms with Gasteiger partial charge in [-0.25, -0.2) is 0 Å². The summed E-state index contributed by atoms with van der Waals surface area (Å²) < 4.78 is 0. The van der Waals surface area contributed by atoms with Crippen LogP contribution in [0.3, 0.4) is 0 Å². The van der Waals surface area contributed by atoms with E-state index >= 15 is 0 Å². The lowest BCUT2D eigenvalue weighted by Gasteiger charge is -2.26. The second-order valence-corrected chi connectivity index (χ2v) is 5.53. The molecule has 0 saturated carbocycles. The molecule has 0 bridgehead atoms. The fourth-order valence-corrected chi connectivity index (χ4v) is 2.43. The Morgan fingerprint density at radius 2 is 2.20 bits per heavy atom. The van der Waals surface area contributed by atoms with Crippen molar-refractivity contribution >= 4 is 11.6 Å². The summed E-state index contributed by atoms with van der Waals surface area (Å²) in [6.07, 6.45) is -0.274. The molecule has 1 aromatic rings. The number of benzene rings is 1. The van der Waals surface area contributed by atoms with Crippen LogP contribution >= 0.6 is 0 Å². The monoisotopic (exact) mass is 277 g/mol. The van der Waals surface area contributed by atoms with Crippen LogP contribution < -0.4 is 5.32 Å². The molecule has 1 fully saturated rings. The zero-order valence-electron chi connectivity index (χ0n) is 11.9. The Bertz CT molecular complexity index is 542. The van der Waals surface area contributed by atoms with Crippen molar-refractivity contribution < 1.29 is 9.72 Å². The van der Waals surface area contributed by atoms with Crippen LogP contribution in [0, 0.1) is 23.0 Å². The Morgan fingerprint density at radius 3 is 2.80 bits per heavy atom. The van der Waals surface area contributed by atoms with E-state index in [1.54, 1.807) is 24.0 Å². The van der Waals surface area contributed by atoms with E-state index in [0.29, 0.717) is 18.0 Å². The van der Waals surface area contributed by atoms with E-state index in [-0.39, 0.29) is 29.2 Å². The van der Waals surface area contributed by atoms with Crippen LogP contribution in [0.2, 0.25) is 0 Å². The second-order valence-electron chi connectivity index (χ2n) is 5.53. The van der Waals surface area contributed by atoms with Crippen molar-refractivity contribution in [2.24, 2.45) is 5.92 Å². The molecule has 1 aliphatic rings. The SMILES string of the molecule is Cc1ccc(C2NCC(=O)N2CC(C)C)cc1[N+](=O)[O-]. The fourth-order valence-electron chi connectivity index (χ4n) is 2.43. The summed E-state index contributed by atoms with van der Waals surface area (Å²) in [5.74, 6) is 0.383. The largest absolute Gasteiger partial charge is 0.322 e. The molecule has 1 saturated heterocycles. The first kappa shape index (κ1) is 14.5. The van der Waals surface area contributed by atoms with E-state index in [0.717, 1.165) is 5.56 Å². The van der Waals surface area contributed by atoms with Gasteiger partial charge in [-0.2, -0.15) is 0 Å². The molecule has 2 rings (SSSR count). The van der Waals surface area contributed by atoms with Crippen molar-refractivity contribution in [3.63, 3.8) is 0 Å². The molecule has 108 valence electrons. The summed E-state index contributed by atoms with van der Waals surface area (Å²) in [6, 6.07) is 5.12. The predicted molar refractivity (Wildman–Crippen MR) is 75.1 cm³/mol. The molecule has 0 radical (unpaired) electrons. The highest BCUT2D eigenvalue weighted by molar-refractivity contribution is 5.81. The Hall–Kier alpha value is -1.95. The van der Waals surface area contributed by atoms with Gasteiger partial charge in [0.05, 0.1) is 11.5 Å². The van der Waals surface area contributed by atoms with Crippen molar-refractivity contribution in [2.75, 3.05) is 13.1 Å². The zero-order chi connectivity index (χ0) is 14.9. The normalized spacial score (nSPS) is 18.9. The highest BCUT2D eigenvalue weighted by Crippen LogP contribution is 2.28. The van der Waals surface area contributed by atoms with Gasteiger partial charge < -0.3 is 4.90 Å². The number of nitrogens with zero attached hydrogens (tertiary/aromatic N) is 2. The van der Waals surface area contributed by atoms with E-state index in [9.17, 15) is 14.9 Å². The van der Waals surface area contributed by atoms with E-state index in [1.165, 1.54) is 0 Å². The average molecular weight is 277 g/mol. The number of rotatable bonds is 4. The smallest absolute Gasteiger partial charge is 0.272 e. The fraction of sp³-hybridized carbons (Fsp3) is 0.500. The minimum atomic E-state index is -0.387. The van der Waals surface area contributed by atoms with Gasteiger partial charge in [0.1, 0.15) is 6.17 Å². The molecule has 1 aliphatic heterocycles. The maximum atomic E-state index is 11.9. The average Bonchev–Trinajstić information content (AvgIpc) is 2.71. The van der Waals surface area contributed by atoms with Crippen molar-refractivity contribution in [2.45, 2.75) is 26.9 Å². The molecule has 0 aliphatic carbocycles. The van der Waals surface area contributed by atoms with Crippen molar-refractivity contribution in [1.29, 1.82) is 0 Å². The summed E-state index contributed by atoms with van der Waals surface area (Å²) in [7, 11) is 0. The van der Waals surface area contributed by atoms with Crippen LogP contribution in [0.15, 0.2) is 18.2 Å². The number of nitro benzene ring substituents is 1. The molecular formula is C14H19N3O3. The lowest BCUT2D eigenvalue weighted by atomic mass is 10.1. The minimum Gasteiger partial charge on any atom is -0.322 e. The van der Waals surface area contributed by atoms with E-state index in [2.05, 4.69) is 5.32 Å². The quantitative estimate of drug-likeness (QED) is 0.674. The topological polar surface area (TPSA) is 75.5 Å². The van der Waals surface area contributed by atoms with Gasteiger partial charge in [0, 0.05) is 18.2 Å². The van der Waals surface area contributed by atoms with E-state index in [1.807, 2.05) is 19.9 Å². The lowest BCUT2D eigenvalue weighted by molar-refractivity contribution is -0.385. The first-order chi connectivity index (χ1) is 9.40. The Labute approximate surface area is 117 Å². The van der Waals surface area contributed by atoms with Crippen LogP contribution in [0.25, 0.3) is 0 Å². The molecule has 1 N–H and O–H groups in total. The molecule has 1 atom stereocenters. The first-order valence-corrected chi connectivity index (χ1v) is 6.68. The van der Waals surface area contributed by atoms with Gasteiger partial charge in [0.15, 0.2) is 0 Å². The van der Waals surface area contributed by atoms with Gasteiger partial charge >= 0.3 is 0 Å². The maximum Gasteiger partial charge on any atom is 0.272 e. The summed E-state index contributed by atoms with van der Waals surface area (Å²) in [6.45, 7) is 6.71. The number of carbonyl (C=O) groups is 1. The van der Waals surface area contributed by atoms with Crippen LogP contribution in [-0.4, -0.2) is 28.8 Å². The molecule has 1 heterocycles. The summed E-state index contributed by atoms with van der Waals surface area (Å²) in [5.41, 5.74) is 1.47. The highest BCUT2D eigenvalue weighted by Gasteiger charge is 2.32. The Balaban J connectivity index is 2.32. The number of nitro groups is 1. The van der Waals surface area contributed by atoms with Gasteiger partial charge in [-0.3, -0.25) is 20.2 Å². The number of aryl methyl sites for hydroxylation is 1. The van der Waals surface area contributed by atoms with Crippen LogP contribution in [0.1, 0.15) is 31.1 Å². The van der Waals surface area contributed by atoms with Crippen molar-refractivity contribution in [3.05, 3.63) is 39.4 Å². The highest BCUT2D eigenvalue weighted by atomic mass is 16.6. The third kappa shape index (κ3) is 2.80. The number of nitrogens with one attached hydrogen (secondary N) is 1. The van der Waals surface area contributed by atoms with Gasteiger partial charge in [0.25, 0.3) is 5.69 Å². The summed E-state index contributed by atoms with van der Waals surface area (Å²) in [5, 5.41) is 14.1. The maximum absolute atomic E-state index is 11.9. The summed E-state index contributed by atoms with van der Waals surface area (Å²) in [4.78, 5) is 24.3. The minimum absolute atomic E-state index is 0.0342. The standard InChI is InChI=1S/C14H19N3O3/c1-9(2)8-16-13(18)7-15-14(16)11-5-4-10(3)12(6-11)17(19)20/h4-6,9,14-15H,7-8H2,1-3H3. The van der Waals surface area contributed by atoms with E-state index < -0.39 is 0 Å². The van der Waals surface area contributed by atoms with Crippen molar-refractivity contribution in [1.82, 2.24) is 10.2 Å². The van der Waals surface area contributed by atoms with Crippen LogP contribution in [0.4, 0.5) is 5.69 Å². The zero-order valence-corrected chi connectivity index (χ0v) is 11.9. The molecule has 1 aromatic carbocycles. The van der Waals surface area contributed by atoms with Crippen molar-refractivity contribution in [3.8, 4) is 0 Å². The number of carbonyl (C=O) groups excluding carboxylic acids is 1. The molecule has 6 heteroatoms. The van der Waals surface area contributed by atoms with Gasteiger partial charge in [0.2, 0.25) is 5.91 Å². The molecule has 1 amide bonds. The van der Waals surface area contributed by atoms with E-state index in [4.69, 9.17) is 0 Å². The van der Waals surface area contributed by atoms with Gasteiger partial charge in [-0.15, -0.1) is 0 Å². The number of hydrogen-bond acceptors (Lipinski definition) is 4. The Morgan fingerprint density at radius 1 is 1.50 bits per heavy atom. The third-order valence-electron chi connectivity index (χ3n) is 3.39. The molecule has 0 aromatic heterocycles. The first-order valence-electron chi connectivity index (χ1n) is 6.68. The molecule has 6 nitrogen and oxygen atoms in total. The molecular weight excluding hydrogens is 258 g/mol. The molecule has 0 spiro atoms. The third-order valence-corrected chi connectivity index (χ3v) is 3.39. The molecule has 20 heavy (non-hydrogen) atoms. The number of amides is 1. The molecule has 1 unspecified atom stereocenters. The lowest BCUT2D eigenvalue weighted by Crippen LogP contribution is -2.33. The van der Waals surface area contributed by atoms with Gasteiger partial charge in [-0.05, 0) is 18.4 Å².